The number of amides is 3. The van der Waals surface area contributed by atoms with Crippen molar-refractivity contribution in [2.45, 2.75) is 24.9 Å². The first kappa shape index (κ1) is 20.6. The van der Waals surface area contributed by atoms with Crippen LogP contribution in [0.2, 0.25) is 0 Å². The second-order valence-electron chi connectivity index (χ2n) is 7.70. The maximum absolute atomic E-state index is 14.1. The molecule has 3 aromatic carbocycles. The van der Waals surface area contributed by atoms with Crippen molar-refractivity contribution < 1.29 is 18.7 Å². The summed E-state index contributed by atoms with van der Waals surface area (Å²) < 4.78 is 19.1. The maximum Gasteiger partial charge on any atom is 0.325 e. The number of halogens is 1. The van der Waals surface area contributed by atoms with Gasteiger partial charge < -0.3 is 10.1 Å². The van der Waals surface area contributed by atoms with Gasteiger partial charge in [0.05, 0.1) is 13.7 Å². The summed E-state index contributed by atoms with van der Waals surface area (Å²) >= 11 is 0. The van der Waals surface area contributed by atoms with Crippen molar-refractivity contribution >= 4 is 11.9 Å². The molecule has 1 aliphatic heterocycles. The van der Waals surface area contributed by atoms with Gasteiger partial charge in [-0.3, -0.25) is 9.69 Å². The molecule has 0 spiro atoms. The number of benzene rings is 3. The zero-order valence-corrected chi connectivity index (χ0v) is 17.2. The zero-order chi connectivity index (χ0) is 21.8. The minimum atomic E-state index is -1.11. The van der Waals surface area contributed by atoms with Crippen LogP contribution in [0, 0.1) is 5.82 Å². The first-order valence-corrected chi connectivity index (χ1v) is 10.1. The van der Waals surface area contributed by atoms with Gasteiger partial charge >= 0.3 is 6.03 Å². The third-order valence-corrected chi connectivity index (χ3v) is 5.50. The van der Waals surface area contributed by atoms with Crippen molar-refractivity contribution in [3.63, 3.8) is 0 Å². The Morgan fingerprint density at radius 3 is 1.97 bits per heavy atom. The van der Waals surface area contributed by atoms with E-state index >= 15 is 0 Å². The minimum Gasteiger partial charge on any atom is -0.494 e. The first-order valence-electron chi connectivity index (χ1n) is 10.1. The largest absolute Gasteiger partial charge is 0.494 e. The lowest BCUT2D eigenvalue weighted by Crippen LogP contribution is -2.51. The second-order valence-corrected chi connectivity index (χ2v) is 7.70. The molecular formula is C25H23FN2O3. The van der Waals surface area contributed by atoms with Crippen LogP contribution in [0.15, 0.2) is 78.9 Å². The summed E-state index contributed by atoms with van der Waals surface area (Å²) in [6.45, 7) is -0.0170. The van der Waals surface area contributed by atoms with E-state index in [-0.39, 0.29) is 18.2 Å². The predicted molar refractivity (Wildman–Crippen MR) is 115 cm³/mol. The molecule has 1 aliphatic rings. The molecule has 0 aromatic heterocycles. The van der Waals surface area contributed by atoms with E-state index in [0.717, 1.165) is 16.0 Å². The van der Waals surface area contributed by atoms with Crippen molar-refractivity contribution in [1.29, 1.82) is 0 Å². The quantitative estimate of drug-likeness (QED) is 0.588. The summed E-state index contributed by atoms with van der Waals surface area (Å²) in [5, 5.41) is 2.94. The van der Waals surface area contributed by atoms with Crippen LogP contribution in [0.3, 0.4) is 0 Å². The molecule has 0 bridgehead atoms. The van der Waals surface area contributed by atoms with Gasteiger partial charge in [0, 0.05) is 12.8 Å². The lowest BCUT2D eigenvalue weighted by atomic mass is 9.84. The van der Waals surface area contributed by atoms with Crippen molar-refractivity contribution in [1.82, 2.24) is 10.2 Å². The summed E-state index contributed by atoms with van der Waals surface area (Å²) in [5.74, 6) is -0.739. The Morgan fingerprint density at radius 2 is 1.45 bits per heavy atom. The topological polar surface area (TPSA) is 58.6 Å². The van der Waals surface area contributed by atoms with Gasteiger partial charge in [0.2, 0.25) is 0 Å². The highest BCUT2D eigenvalue weighted by Gasteiger charge is 2.51. The number of hydrogen-bond acceptors (Lipinski definition) is 3. The number of imide groups is 1. The Balaban J connectivity index is 1.64. The van der Waals surface area contributed by atoms with E-state index in [9.17, 15) is 14.0 Å². The Kier molecular flexibility index (Phi) is 5.71. The van der Waals surface area contributed by atoms with Crippen molar-refractivity contribution in [2.24, 2.45) is 0 Å². The van der Waals surface area contributed by atoms with Gasteiger partial charge in [-0.2, -0.15) is 0 Å². The van der Waals surface area contributed by atoms with E-state index in [1.54, 1.807) is 6.07 Å². The SMILES string of the molecule is COc1ccc(CN2C(=O)NC(Cc3ccccc3)(Cc3ccccc3)C2=O)cc1F. The van der Waals surface area contributed by atoms with E-state index in [1.807, 2.05) is 60.7 Å². The first-order chi connectivity index (χ1) is 15.0. The third kappa shape index (κ3) is 4.28. The number of hydrogen-bond donors (Lipinski definition) is 1. The molecule has 0 radical (unpaired) electrons. The molecule has 3 aromatic rings. The summed E-state index contributed by atoms with van der Waals surface area (Å²) in [6.07, 6.45) is 0.724. The third-order valence-electron chi connectivity index (χ3n) is 5.50. The molecule has 6 heteroatoms. The molecule has 5 nitrogen and oxygen atoms in total. The lowest BCUT2D eigenvalue weighted by molar-refractivity contribution is -0.131. The number of urea groups is 1. The summed E-state index contributed by atoms with van der Waals surface area (Å²) in [6, 6.07) is 23.1. The van der Waals surface area contributed by atoms with Gasteiger partial charge in [-0.05, 0) is 28.8 Å². The smallest absolute Gasteiger partial charge is 0.325 e. The highest BCUT2D eigenvalue weighted by Crippen LogP contribution is 2.29. The predicted octanol–water partition coefficient (Wildman–Crippen LogP) is 4.11. The fourth-order valence-corrected chi connectivity index (χ4v) is 4.00. The van der Waals surface area contributed by atoms with Crippen LogP contribution >= 0.6 is 0 Å². The molecule has 0 aliphatic carbocycles. The van der Waals surface area contributed by atoms with E-state index in [1.165, 1.54) is 19.2 Å². The van der Waals surface area contributed by atoms with E-state index in [0.29, 0.717) is 18.4 Å². The van der Waals surface area contributed by atoms with E-state index in [4.69, 9.17) is 4.74 Å². The molecular weight excluding hydrogens is 395 g/mol. The molecule has 1 heterocycles. The molecule has 0 atom stereocenters. The van der Waals surface area contributed by atoms with Gasteiger partial charge in [0.25, 0.3) is 5.91 Å². The van der Waals surface area contributed by atoms with Crippen LogP contribution in [0.1, 0.15) is 16.7 Å². The van der Waals surface area contributed by atoms with Crippen LogP contribution in [-0.4, -0.2) is 29.5 Å². The number of methoxy groups -OCH3 is 1. The van der Waals surface area contributed by atoms with Crippen molar-refractivity contribution in [3.05, 3.63) is 101 Å². The van der Waals surface area contributed by atoms with Crippen LogP contribution in [0.25, 0.3) is 0 Å². The summed E-state index contributed by atoms with van der Waals surface area (Å²) in [5.41, 5.74) is 1.30. The fraction of sp³-hybridized carbons (Fsp3) is 0.200. The number of rotatable bonds is 7. The molecule has 31 heavy (non-hydrogen) atoms. The zero-order valence-electron chi connectivity index (χ0n) is 17.2. The van der Waals surface area contributed by atoms with Crippen LogP contribution in [-0.2, 0) is 24.2 Å². The number of carbonyl (C=O) groups excluding carboxylic acids is 2. The molecule has 1 saturated heterocycles. The lowest BCUT2D eigenvalue weighted by Gasteiger charge is -2.27. The normalized spacial score (nSPS) is 15.1. The number of nitrogens with zero attached hydrogens (tertiary/aromatic N) is 1. The minimum absolute atomic E-state index is 0.0170. The molecule has 0 unspecified atom stereocenters. The number of nitrogens with one attached hydrogen (secondary N) is 1. The van der Waals surface area contributed by atoms with Crippen LogP contribution in [0.4, 0.5) is 9.18 Å². The van der Waals surface area contributed by atoms with Gasteiger partial charge in [-0.15, -0.1) is 0 Å². The molecule has 0 saturated carbocycles. The fourth-order valence-electron chi connectivity index (χ4n) is 4.00. The van der Waals surface area contributed by atoms with Gasteiger partial charge in [-0.1, -0.05) is 66.7 Å². The standard InChI is InChI=1S/C25H23FN2O3/c1-31-22-13-12-20(14-21(22)26)17-28-23(29)25(27-24(28)30,15-18-8-4-2-5-9-18)16-19-10-6-3-7-11-19/h2-14H,15-17H2,1H3,(H,27,30). The maximum atomic E-state index is 14.1. The molecule has 4 rings (SSSR count). The van der Waals surface area contributed by atoms with Crippen LogP contribution < -0.4 is 10.1 Å². The number of ether oxygens (including phenoxy) is 1. The molecule has 3 amide bonds. The van der Waals surface area contributed by atoms with Gasteiger partial charge in [-0.25, -0.2) is 9.18 Å². The average molecular weight is 418 g/mol. The number of carbonyl (C=O) groups is 2. The van der Waals surface area contributed by atoms with E-state index < -0.39 is 17.4 Å². The van der Waals surface area contributed by atoms with Crippen LogP contribution in [0.5, 0.6) is 5.75 Å². The van der Waals surface area contributed by atoms with E-state index in [2.05, 4.69) is 5.32 Å². The highest BCUT2D eigenvalue weighted by atomic mass is 19.1. The highest BCUT2D eigenvalue weighted by molar-refractivity contribution is 6.07. The second kappa shape index (κ2) is 8.60. The van der Waals surface area contributed by atoms with Crippen molar-refractivity contribution in [2.75, 3.05) is 7.11 Å². The summed E-state index contributed by atoms with van der Waals surface area (Å²) in [4.78, 5) is 27.6. The average Bonchev–Trinajstić information content (AvgIpc) is 2.99. The monoisotopic (exact) mass is 418 g/mol. The Bertz CT molecular complexity index is 1040. The van der Waals surface area contributed by atoms with Gasteiger partial charge in [0.1, 0.15) is 5.54 Å². The van der Waals surface area contributed by atoms with Gasteiger partial charge in [0.15, 0.2) is 11.6 Å². The molecule has 1 N–H and O–H groups in total. The molecule has 1 fully saturated rings. The Labute approximate surface area is 180 Å². The summed E-state index contributed by atoms with van der Waals surface area (Å²) in [7, 11) is 1.39. The Hall–Kier alpha value is -3.67. The Morgan fingerprint density at radius 1 is 0.871 bits per heavy atom. The van der Waals surface area contributed by atoms with Crippen molar-refractivity contribution in [3.8, 4) is 5.75 Å². The molecule has 158 valence electrons.